The molecule has 0 saturated heterocycles. The second-order valence-corrected chi connectivity index (χ2v) is 6.49. The molecule has 2 heterocycles. The van der Waals surface area contributed by atoms with Crippen molar-refractivity contribution < 1.29 is 18.3 Å². The van der Waals surface area contributed by atoms with Gasteiger partial charge in [-0.05, 0) is 42.5 Å². The highest BCUT2D eigenvalue weighted by Crippen LogP contribution is 2.21. The number of amides is 1. The van der Waals surface area contributed by atoms with Crippen LogP contribution in [0.5, 0.6) is 5.75 Å². The lowest BCUT2D eigenvalue weighted by Gasteiger charge is -2.08. The van der Waals surface area contributed by atoms with Gasteiger partial charge in [0.1, 0.15) is 29.4 Å². The van der Waals surface area contributed by atoms with Gasteiger partial charge in [-0.3, -0.25) is 9.59 Å². The summed E-state index contributed by atoms with van der Waals surface area (Å²) in [5.41, 5.74) is 0.913. The van der Waals surface area contributed by atoms with Gasteiger partial charge in [-0.15, -0.1) is 0 Å². The van der Waals surface area contributed by atoms with Gasteiger partial charge in [0, 0.05) is 24.0 Å². The Morgan fingerprint density at radius 3 is 2.60 bits per heavy atom. The first-order chi connectivity index (χ1) is 14.4. The van der Waals surface area contributed by atoms with Gasteiger partial charge in [-0.2, -0.15) is 5.10 Å². The molecule has 4 aromatic rings. The molecule has 0 saturated carbocycles. The topological polar surface area (TPSA) is 77.6 Å². The Kier molecular flexibility index (Phi) is 5.01. The van der Waals surface area contributed by atoms with E-state index >= 15 is 0 Å². The third-order valence-corrected chi connectivity index (χ3v) is 4.51. The second kappa shape index (κ2) is 7.78. The van der Waals surface area contributed by atoms with E-state index in [0.29, 0.717) is 11.4 Å². The van der Waals surface area contributed by atoms with Crippen LogP contribution in [0.4, 0.5) is 14.5 Å². The summed E-state index contributed by atoms with van der Waals surface area (Å²) in [6, 6.07) is 11.6. The monoisotopic (exact) mass is 410 g/mol. The van der Waals surface area contributed by atoms with E-state index in [1.165, 1.54) is 15.3 Å². The SMILES string of the molecule is COc1ccc(-c2cc3c(=O)n(CC(=O)Nc4cc(F)ccc4F)ccn3n2)cc1. The van der Waals surface area contributed by atoms with Crippen molar-refractivity contribution in [3.63, 3.8) is 0 Å². The molecule has 0 bridgehead atoms. The number of hydrogen-bond acceptors (Lipinski definition) is 4. The van der Waals surface area contributed by atoms with Gasteiger partial charge < -0.3 is 14.6 Å². The minimum Gasteiger partial charge on any atom is -0.497 e. The van der Waals surface area contributed by atoms with Crippen LogP contribution in [0.1, 0.15) is 0 Å². The third kappa shape index (κ3) is 3.77. The molecule has 0 radical (unpaired) electrons. The number of hydrogen-bond donors (Lipinski definition) is 1. The van der Waals surface area contributed by atoms with E-state index in [4.69, 9.17) is 4.74 Å². The van der Waals surface area contributed by atoms with Crippen molar-refractivity contribution in [3.8, 4) is 17.0 Å². The number of nitrogens with one attached hydrogen (secondary N) is 1. The van der Waals surface area contributed by atoms with E-state index in [1.54, 1.807) is 31.5 Å². The van der Waals surface area contributed by atoms with Crippen molar-refractivity contribution in [3.05, 3.63) is 82.9 Å². The highest BCUT2D eigenvalue weighted by Gasteiger charge is 2.13. The molecule has 0 aliphatic heterocycles. The lowest BCUT2D eigenvalue weighted by atomic mass is 10.1. The van der Waals surface area contributed by atoms with Crippen molar-refractivity contribution in [2.45, 2.75) is 6.54 Å². The summed E-state index contributed by atoms with van der Waals surface area (Å²) >= 11 is 0. The Morgan fingerprint density at radius 2 is 1.87 bits per heavy atom. The van der Waals surface area contributed by atoms with Gasteiger partial charge in [0.15, 0.2) is 0 Å². The molecule has 7 nitrogen and oxygen atoms in total. The molecule has 0 spiro atoms. The van der Waals surface area contributed by atoms with E-state index < -0.39 is 23.1 Å². The first-order valence-corrected chi connectivity index (χ1v) is 8.93. The average molecular weight is 410 g/mol. The molecule has 0 atom stereocenters. The van der Waals surface area contributed by atoms with Crippen LogP contribution in [0.25, 0.3) is 16.8 Å². The van der Waals surface area contributed by atoms with E-state index in [-0.39, 0.29) is 17.7 Å². The molecule has 9 heteroatoms. The maximum absolute atomic E-state index is 13.7. The van der Waals surface area contributed by atoms with Crippen molar-refractivity contribution in [2.75, 3.05) is 12.4 Å². The largest absolute Gasteiger partial charge is 0.497 e. The van der Waals surface area contributed by atoms with Crippen molar-refractivity contribution >= 4 is 17.1 Å². The number of fused-ring (bicyclic) bond motifs is 1. The summed E-state index contributed by atoms with van der Waals surface area (Å²) in [6.07, 6.45) is 2.95. The van der Waals surface area contributed by atoms with E-state index in [9.17, 15) is 18.4 Å². The van der Waals surface area contributed by atoms with Crippen LogP contribution in [-0.2, 0) is 11.3 Å². The van der Waals surface area contributed by atoms with Gasteiger partial charge in [0.25, 0.3) is 5.56 Å². The molecular formula is C21H16F2N4O3. The zero-order valence-corrected chi connectivity index (χ0v) is 15.8. The first kappa shape index (κ1) is 19.3. The van der Waals surface area contributed by atoms with Gasteiger partial charge >= 0.3 is 0 Å². The fourth-order valence-corrected chi connectivity index (χ4v) is 2.99. The van der Waals surface area contributed by atoms with Gasteiger partial charge in [-0.25, -0.2) is 13.3 Å². The van der Waals surface area contributed by atoms with Crippen LogP contribution in [-0.4, -0.2) is 27.2 Å². The van der Waals surface area contributed by atoms with Crippen LogP contribution in [0.2, 0.25) is 0 Å². The highest BCUT2D eigenvalue weighted by molar-refractivity contribution is 5.90. The normalized spacial score (nSPS) is 10.9. The minimum atomic E-state index is -0.771. The Balaban J connectivity index is 1.59. The molecule has 4 rings (SSSR count). The number of benzene rings is 2. The van der Waals surface area contributed by atoms with Crippen molar-refractivity contribution in [1.29, 1.82) is 0 Å². The van der Waals surface area contributed by atoms with Crippen LogP contribution in [0.15, 0.2) is 65.7 Å². The Bertz CT molecular complexity index is 1300. The van der Waals surface area contributed by atoms with E-state index in [0.717, 1.165) is 23.8 Å². The lowest BCUT2D eigenvalue weighted by molar-refractivity contribution is -0.116. The number of rotatable bonds is 5. The van der Waals surface area contributed by atoms with Crippen LogP contribution >= 0.6 is 0 Å². The van der Waals surface area contributed by atoms with E-state index in [2.05, 4.69) is 10.4 Å². The molecular weight excluding hydrogens is 394 g/mol. The quantitative estimate of drug-likeness (QED) is 0.549. The average Bonchev–Trinajstić information content (AvgIpc) is 3.18. The molecule has 152 valence electrons. The standard InChI is InChI=1S/C21H16F2N4O3/c1-30-15-5-2-13(3-6-15)17-11-19-21(29)26(8-9-27(19)25-17)12-20(28)24-18-10-14(22)4-7-16(18)23/h2-11H,12H2,1H3,(H,24,28). The molecule has 30 heavy (non-hydrogen) atoms. The third-order valence-electron chi connectivity index (χ3n) is 4.51. The van der Waals surface area contributed by atoms with Gasteiger partial charge in [-0.1, -0.05) is 0 Å². The number of halogens is 2. The van der Waals surface area contributed by atoms with Crippen LogP contribution in [0.3, 0.4) is 0 Å². The summed E-state index contributed by atoms with van der Waals surface area (Å²) in [7, 11) is 1.57. The number of anilines is 1. The number of methoxy groups -OCH3 is 1. The predicted molar refractivity (Wildman–Crippen MR) is 106 cm³/mol. The molecule has 2 aromatic carbocycles. The van der Waals surface area contributed by atoms with Crippen LogP contribution in [0, 0.1) is 11.6 Å². The summed E-state index contributed by atoms with van der Waals surface area (Å²) < 4.78 is 34.7. The number of nitrogens with zero attached hydrogens (tertiary/aromatic N) is 3. The number of carbonyl (C=O) groups is 1. The van der Waals surface area contributed by atoms with Crippen molar-refractivity contribution in [2.24, 2.45) is 0 Å². The molecule has 1 amide bonds. The number of ether oxygens (including phenoxy) is 1. The molecule has 0 fully saturated rings. The molecule has 2 aromatic heterocycles. The number of aromatic nitrogens is 3. The minimum absolute atomic E-state index is 0.271. The highest BCUT2D eigenvalue weighted by atomic mass is 19.1. The fraction of sp³-hybridized carbons (Fsp3) is 0.0952. The second-order valence-electron chi connectivity index (χ2n) is 6.49. The summed E-state index contributed by atoms with van der Waals surface area (Å²) in [6.45, 7) is -0.367. The molecule has 1 N–H and O–H groups in total. The van der Waals surface area contributed by atoms with Crippen LogP contribution < -0.4 is 15.6 Å². The fourth-order valence-electron chi connectivity index (χ4n) is 2.99. The smallest absolute Gasteiger partial charge is 0.277 e. The maximum atomic E-state index is 13.7. The Labute approximate surface area is 169 Å². The molecule has 0 unspecified atom stereocenters. The zero-order chi connectivity index (χ0) is 21.3. The number of carbonyl (C=O) groups excluding carboxylic acids is 1. The maximum Gasteiger partial charge on any atom is 0.277 e. The zero-order valence-electron chi connectivity index (χ0n) is 15.8. The van der Waals surface area contributed by atoms with Gasteiger partial charge in [0.05, 0.1) is 18.5 Å². The van der Waals surface area contributed by atoms with E-state index in [1.807, 2.05) is 12.1 Å². The lowest BCUT2D eigenvalue weighted by Crippen LogP contribution is -2.28. The van der Waals surface area contributed by atoms with Gasteiger partial charge in [0.2, 0.25) is 5.91 Å². The predicted octanol–water partition coefficient (Wildman–Crippen LogP) is 3.09. The summed E-state index contributed by atoms with van der Waals surface area (Å²) in [5, 5.41) is 6.65. The first-order valence-electron chi connectivity index (χ1n) is 8.93. The van der Waals surface area contributed by atoms with Crippen molar-refractivity contribution in [1.82, 2.24) is 14.2 Å². The molecule has 0 aliphatic carbocycles. The Hall–Kier alpha value is -4.01. The molecule has 0 aliphatic rings. The summed E-state index contributed by atoms with van der Waals surface area (Å²) in [5.74, 6) is -1.42. The summed E-state index contributed by atoms with van der Waals surface area (Å²) in [4.78, 5) is 25.0. The Morgan fingerprint density at radius 1 is 1.10 bits per heavy atom.